The number of aliphatic hydroxyl groups excluding tert-OH is 1. The highest BCUT2D eigenvalue weighted by Gasteiger charge is 2.12. The standard InChI is InChI=1S/C8H11NO4/c1-5-3-7(11)8(13-2)6(4-10)9(5)12/h3,10,12H,4H2,1-2H3. The molecule has 1 heterocycles. The van der Waals surface area contributed by atoms with Crippen molar-refractivity contribution in [3.05, 3.63) is 27.7 Å². The van der Waals surface area contributed by atoms with Gasteiger partial charge in [0.1, 0.15) is 5.69 Å². The lowest BCUT2D eigenvalue weighted by atomic mass is 10.3. The Morgan fingerprint density at radius 2 is 2.23 bits per heavy atom. The molecule has 0 saturated heterocycles. The molecule has 0 amide bonds. The Bertz CT molecular complexity index is 369. The van der Waals surface area contributed by atoms with E-state index < -0.39 is 6.61 Å². The minimum atomic E-state index is -0.448. The van der Waals surface area contributed by atoms with Crippen molar-refractivity contribution in [3.8, 4) is 5.75 Å². The van der Waals surface area contributed by atoms with Crippen LogP contribution in [0.3, 0.4) is 0 Å². The SMILES string of the molecule is COc1c(CO)n(O)c(C)cc1=O. The van der Waals surface area contributed by atoms with E-state index >= 15 is 0 Å². The summed E-state index contributed by atoms with van der Waals surface area (Å²) in [7, 11) is 1.31. The van der Waals surface area contributed by atoms with E-state index in [1.54, 1.807) is 6.92 Å². The van der Waals surface area contributed by atoms with E-state index in [0.717, 1.165) is 4.73 Å². The van der Waals surface area contributed by atoms with Crippen molar-refractivity contribution in [1.29, 1.82) is 0 Å². The highest BCUT2D eigenvalue weighted by atomic mass is 16.5. The van der Waals surface area contributed by atoms with Crippen LogP contribution in [-0.4, -0.2) is 22.2 Å². The van der Waals surface area contributed by atoms with Gasteiger partial charge in [-0.1, -0.05) is 0 Å². The van der Waals surface area contributed by atoms with E-state index in [9.17, 15) is 10.0 Å². The Balaban J connectivity index is 3.51. The normalized spacial score (nSPS) is 10.1. The van der Waals surface area contributed by atoms with Gasteiger partial charge >= 0.3 is 0 Å². The second-order valence-corrected chi connectivity index (χ2v) is 2.60. The van der Waals surface area contributed by atoms with Gasteiger partial charge in [0.2, 0.25) is 5.43 Å². The van der Waals surface area contributed by atoms with Gasteiger partial charge in [-0.3, -0.25) is 4.79 Å². The molecule has 0 radical (unpaired) electrons. The van der Waals surface area contributed by atoms with Crippen molar-refractivity contribution in [2.75, 3.05) is 7.11 Å². The maximum Gasteiger partial charge on any atom is 0.224 e. The fourth-order valence-corrected chi connectivity index (χ4v) is 1.12. The molecule has 72 valence electrons. The van der Waals surface area contributed by atoms with Crippen molar-refractivity contribution >= 4 is 0 Å². The first-order valence-electron chi connectivity index (χ1n) is 3.71. The van der Waals surface area contributed by atoms with Gasteiger partial charge in [-0.05, 0) is 6.92 Å². The van der Waals surface area contributed by atoms with Crippen LogP contribution in [0.4, 0.5) is 0 Å². The Labute approximate surface area is 74.8 Å². The molecule has 5 heteroatoms. The summed E-state index contributed by atoms with van der Waals surface area (Å²) in [5.74, 6) is -0.0319. The van der Waals surface area contributed by atoms with E-state index in [1.807, 2.05) is 0 Å². The number of nitrogens with zero attached hydrogens (tertiary/aromatic N) is 1. The topological polar surface area (TPSA) is 71.7 Å². The summed E-state index contributed by atoms with van der Waals surface area (Å²) in [6, 6.07) is 1.23. The number of pyridine rings is 1. The lowest BCUT2D eigenvalue weighted by molar-refractivity contribution is 0.140. The third-order valence-electron chi connectivity index (χ3n) is 1.77. The summed E-state index contributed by atoms with van der Waals surface area (Å²) in [4.78, 5) is 11.2. The van der Waals surface area contributed by atoms with Gasteiger partial charge in [0, 0.05) is 6.07 Å². The zero-order valence-corrected chi connectivity index (χ0v) is 7.44. The van der Waals surface area contributed by atoms with Gasteiger partial charge in [-0.25, -0.2) is 0 Å². The van der Waals surface area contributed by atoms with Crippen LogP contribution in [0.25, 0.3) is 0 Å². The van der Waals surface area contributed by atoms with E-state index in [-0.39, 0.29) is 16.9 Å². The van der Waals surface area contributed by atoms with Crippen molar-refractivity contribution < 1.29 is 15.1 Å². The molecule has 0 saturated carbocycles. The smallest absolute Gasteiger partial charge is 0.224 e. The lowest BCUT2D eigenvalue weighted by Gasteiger charge is -2.11. The van der Waals surface area contributed by atoms with Crippen LogP contribution < -0.4 is 10.2 Å². The molecular formula is C8H11NO4. The fourth-order valence-electron chi connectivity index (χ4n) is 1.12. The molecule has 0 aliphatic carbocycles. The highest BCUT2D eigenvalue weighted by molar-refractivity contribution is 5.29. The lowest BCUT2D eigenvalue weighted by Crippen LogP contribution is -2.17. The minimum absolute atomic E-state index is 0.0319. The average Bonchev–Trinajstić information content (AvgIpc) is 2.10. The number of methoxy groups -OCH3 is 1. The second kappa shape index (κ2) is 3.49. The van der Waals surface area contributed by atoms with Crippen LogP contribution in [0.2, 0.25) is 0 Å². The maximum atomic E-state index is 11.2. The average molecular weight is 185 g/mol. The molecular weight excluding hydrogens is 174 g/mol. The molecule has 2 N–H and O–H groups in total. The molecule has 1 aromatic heterocycles. The molecule has 0 aliphatic rings. The van der Waals surface area contributed by atoms with Gasteiger partial charge < -0.3 is 15.1 Å². The van der Waals surface area contributed by atoms with E-state index in [0.29, 0.717) is 5.69 Å². The third kappa shape index (κ3) is 1.50. The van der Waals surface area contributed by atoms with Crippen LogP contribution >= 0.6 is 0 Å². The van der Waals surface area contributed by atoms with Crippen LogP contribution in [-0.2, 0) is 6.61 Å². The van der Waals surface area contributed by atoms with Gasteiger partial charge in [-0.2, -0.15) is 4.73 Å². The molecule has 1 aromatic rings. The van der Waals surface area contributed by atoms with Crippen molar-refractivity contribution in [3.63, 3.8) is 0 Å². The van der Waals surface area contributed by atoms with Gasteiger partial charge in [0.15, 0.2) is 5.75 Å². The summed E-state index contributed by atoms with van der Waals surface area (Å²) in [5, 5.41) is 18.3. The minimum Gasteiger partial charge on any atom is -0.491 e. The molecule has 0 aromatic carbocycles. The fraction of sp³-hybridized carbons (Fsp3) is 0.375. The van der Waals surface area contributed by atoms with Crippen LogP contribution in [0, 0.1) is 6.92 Å². The number of aromatic nitrogens is 1. The molecule has 5 nitrogen and oxygen atoms in total. The number of ether oxygens (including phenoxy) is 1. The zero-order chi connectivity index (χ0) is 10.0. The number of aryl methyl sites for hydroxylation is 1. The summed E-state index contributed by atoms with van der Waals surface area (Å²) >= 11 is 0. The summed E-state index contributed by atoms with van der Waals surface area (Å²) in [6.07, 6.45) is 0. The molecule has 0 bridgehead atoms. The van der Waals surface area contributed by atoms with Crippen LogP contribution in [0.5, 0.6) is 5.75 Å². The largest absolute Gasteiger partial charge is 0.491 e. The first-order chi connectivity index (χ1) is 6.11. The van der Waals surface area contributed by atoms with Crippen molar-refractivity contribution in [2.24, 2.45) is 0 Å². The van der Waals surface area contributed by atoms with Gasteiger partial charge in [0.25, 0.3) is 0 Å². The third-order valence-corrected chi connectivity index (χ3v) is 1.77. The molecule has 0 atom stereocenters. The number of aliphatic hydroxyl groups is 1. The highest BCUT2D eigenvalue weighted by Crippen LogP contribution is 2.13. The van der Waals surface area contributed by atoms with Crippen molar-refractivity contribution in [1.82, 2.24) is 4.73 Å². The second-order valence-electron chi connectivity index (χ2n) is 2.60. The molecule has 0 fully saturated rings. The maximum absolute atomic E-state index is 11.2. The van der Waals surface area contributed by atoms with E-state index in [2.05, 4.69) is 0 Å². The van der Waals surface area contributed by atoms with E-state index in [1.165, 1.54) is 13.2 Å². The molecule has 0 unspecified atom stereocenters. The summed E-state index contributed by atoms with van der Waals surface area (Å²) < 4.78 is 5.49. The molecule has 0 aliphatic heterocycles. The Morgan fingerprint density at radius 1 is 1.62 bits per heavy atom. The number of rotatable bonds is 2. The molecule has 0 spiro atoms. The quantitative estimate of drug-likeness (QED) is 0.631. The Morgan fingerprint density at radius 3 is 2.69 bits per heavy atom. The van der Waals surface area contributed by atoms with E-state index in [4.69, 9.17) is 9.84 Å². The molecule has 13 heavy (non-hydrogen) atoms. The first-order valence-corrected chi connectivity index (χ1v) is 3.71. The van der Waals surface area contributed by atoms with Gasteiger partial charge in [-0.15, -0.1) is 0 Å². The summed E-state index contributed by atoms with van der Waals surface area (Å²) in [6.45, 7) is 1.11. The van der Waals surface area contributed by atoms with Crippen molar-refractivity contribution in [2.45, 2.75) is 13.5 Å². The number of hydrogen-bond donors (Lipinski definition) is 2. The Kier molecular flexibility index (Phi) is 2.57. The summed E-state index contributed by atoms with van der Waals surface area (Å²) in [5.41, 5.74) is 0.0664. The van der Waals surface area contributed by atoms with Crippen LogP contribution in [0.15, 0.2) is 10.9 Å². The predicted octanol–water partition coefficient (Wildman–Crippen LogP) is -0.105. The van der Waals surface area contributed by atoms with Gasteiger partial charge in [0.05, 0.1) is 19.4 Å². The molecule has 1 rings (SSSR count). The first kappa shape index (κ1) is 9.60. The van der Waals surface area contributed by atoms with Crippen LogP contribution in [0.1, 0.15) is 11.4 Å². The predicted molar refractivity (Wildman–Crippen MR) is 45.1 cm³/mol. The zero-order valence-electron chi connectivity index (χ0n) is 7.44. The monoisotopic (exact) mass is 185 g/mol. The Hall–Kier alpha value is -1.49. The number of hydrogen-bond acceptors (Lipinski definition) is 4.